The normalized spacial score (nSPS) is 28.4. The molecule has 2 heterocycles. The standard InChI is InChI=1S/C15H20N2O3/c1-10-12(9-18)13(17-16-10)4-2-11-3-5-14-15(8-11)20-7-6-19-14/h3,5,8-10,12-13,16-17H,2,4,6-7H2,1H3. The van der Waals surface area contributed by atoms with Crippen molar-refractivity contribution in [2.75, 3.05) is 13.2 Å². The number of hydrazine groups is 1. The molecule has 1 fully saturated rings. The minimum absolute atomic E-state index is 0.0345. The number of fused-ring (bicyclic) bond motifs is 1. The summed E-state index contributed by atoms with van der Waals surface area (Å²) in [7, 11) is 0. The molecule has 1 aromatic rings. The highest BCUT2D eigenvalue weighted by molar-refractivity contribution is 5.56. The first-order valence-corrected chi connectivity index (χ1v) is 7.13. The van der Waals surface area contributed by atoms with Crippen LogP contribution in [0.5, 0.6) is 11.5 Å². The quantitative estimate of drug-likeness (QED) is 0.806. The Hall–Kier alpha value is -1.59. The highest BCUT2D eigenvalue weighted by atomic mass is 16.6. The van der Waals surface area contributed by atoms with E-state index in [1.807, 2.05) is 19.1 Å². The Bertz CT molecular complexity index is 492. The van der Waals surface area contributed by atoms with Crippen LogP contribution in [0, 0.1) is 5.92 Å². The van der Waals surface area contributed by atoms with Gasteiger partial charge >= 0.3 is 0 Å². The van der Waals surface area contributed by atoms with E-state index in [1.54, 1.807) is 0 Å². The lowest BCUT2D eigenvalue weighted by atomic mass is 9.92. The molecule has 0 amide bonds. The molecule has 3 unspecified atom stereocenters. The van der Waals surface area contributed by atoms with Crippen LogP contribution in [0.15, 0.2) is 18.2 Å². The maximum atomic E-state index is 11.1. The predicted octanol–water partition coefficient (Wildman–Crippen LogP) is 1.07. The van der Waals surface area contributed by atoms with Gasteiger partial charge < -0.3 is 14.3 Å². The molecule has 2 aliphatic rings. The number of nitrogens with one attached hydrogen (secondary N) is 2. The van der Waals surface area contributed by atoms with Gasteiger partial charge in [-0.15, -0.1) is 0 Å². The molecular formula is C15H20N2O3. The van der Waals surface area contributed by atoms with Crippen LogP contribution in [-0.2, 0) is 11.2 Å². The summed E-state index contributed by atoms with van der Waals surface area (Å²) < 4.78 is 11.1. The molecule has 20 heavy (non-hydrogen) atoms. The molecule has 0 saturated carbocycles. The minimum Gasteiger partial charge on any atom is -0.486 e. The van der Waals surface area contributed by atoms with E-state index in [9.17, 15) is 4.79 Å². The summed E-state index contributed by atoms with van der Waals surface area (Å²) in [5.41, 5.74) is 7.54. The number of rotatable bonds is 4. The first kappa shape index (κ1) is 13.4. The van der Waals surface area contributed by atoms with Gasteiger partial charge in [-0.3, -0.25) is 10.9 Å². The number of hydrogen-bond donors (Lipinski definition) is 2. The van der Waals surface area contributed by atoms with Crippen LogP contribution < -0.4 is 20.3 Å². The van der Waals surface area contributed by atoms with Gasteiger partial charge in [-0.25, -0.2) is 0 Å². The van der Waals surface area contributed by atoms with Crippen molar-refractivity contribution in [3.63, 3.8) is 0 Å². The Morgan fingerprint density at radius 2 is 2.05 bits per heavy atom. The fraction of sp³-hybridized carbons (Fsp3) is 0.533. The number of aldehydes is 1. The molecule has 0 aliphatic carbocycles. The Kier molecular flexibility index (Phi) is 3.89. The maximum absolute atomic E-state index is 11.1. The second-order valence-electron chi connectivity index (χ2n) is 5.41. The number of carbonyl (C=O) groups is 1. The van der Waals surface area contributed by atoms with E-state index < -0.39 is 0 Å². The third kappa shape index (κ3) is 2.64. The van der Waals surface area contributed by atoms with Crippen molar-refractivity contribution in [3.8, 4) is 11.5 Å². The van der Waals surface area contributed by atoms with Crippen molar-refractivity contribution < 1.29 is 14.3 Å². The van der Waals surface area contributed by atoms with Crippen molar-refractivity contribution in [2.24, 2.45) is 5.92 Å². The van der Waals surface area contributed by atoms with Gasteiger partial charge in [0.2, 0.25) is 0 Å². The summed E-state index contributed by atoms with van der Waals surface area (Å²) in [6.07, 6.45) is 2.87. The van der Waals surface area contributed by atoms with Crippen LogP contribution in [0.4, 0.5) is 0 Å². The Morgan fingerprint density at radius 1 is 1.25 bits per heavy atom. The van der Waals surface area contributed by atoms with E-state index in [4.69, 9.17) is 9.47 Å². The molecule has 2 N–H and O–H groups in total. The third-order valence-electron chi connectivity index (χ3n) is 4.05. The zero-order valence-corrected chi connectivity index (χ0v) is 11.6. The van der Waals surface area contributed by atoms with E-state index in [1.165, 1.54) is 5.56 Å². The molecule has 5 nitrogen and oxygen atoms in total. The third-order valence-corrected chi connectivity index (χ3v) is 4.05. The van der Waals surface area contributed by atoms with Crippen molar-refractivity contribution in [1.29, 1.82) is 0 Å². The number of ether oxygens (including phenoxy) is 2. The molecule has 1 saturated heterocycles. The zero-order chi connectivity index (χ0) is 13.9. The average molecular weight is 276 g/mol. The van der Waals surface area contributed by atoms with E-state index in [0.29, 0.717) is 13.2 Å². The maximum Gasteiger partial charge on any atom is 0.161 e. The molecule has 0 spiro atoms. The van der Waals surface area contributed by atoms with Crippen LogP contribution in [0.3, 0.4) is 0 Å². The van der Waals surface area contributed by atoms with Crippen LogP contribution >= 0.6 is 0 Å². The largest absolute Gasteiger partial charge is 0.486 e. The molecule has 0 bridgehead atoms. The molecule has 0 radical (unpaired) electrons. The number of benzene rings is 1. The van der Waals surface area contributed by atoms with Crippen LogP contribution in [0.2, 0.25) is 0 Å². The lowest BCUT2D eigenvalue weighted by molar-refractivity contribution is -0.111. The summed E-state index contributed by atoms with van der Waals surface area (Å²) in [5, 5.41) is 0. The highest BCUT2D eigenvalue weighted by Crippen LogP contribution is 2.31. The minimum atomic E-state index is 0.0345. The Morgan fingerprint density at radius 3 is 2.85 bits per heavy atom. The summed E-state index contributed by atoms with van der Waals surface area (Å²) in [6.45, 7) is 3.24. The van der Waals surface area contributed by atoms with Gasteiger partial charge in [0.15, 0.2) is 11.5 Å². The lowest BCUT2D eigenvalue weighted by Gasteiger charge is -2.19. The second-order valence-corrected chi connectivity index (χ2v) is 5.41. The fourth-order valence-electron chi connectivity index (χ4n) is 2.82. The van der Waals surface area contributed by atoms with Crippen LogP contribution in [0.25, 0.3) is 0 Å². The summed E-state index contributed by atoms with van der Waals surface area (Å²) in [6, 6.07) is 6.45. The van der Waals surface area contributed by atoms with E-state index in [2.05, 4.69) is 16.9 Å². The van der Waals surface area contributed by atoms with Crippen LogP contribution in [0.1, 0.15) is 18.9 Å². The Balaban J connectivity index is 1.62. The summed E-state index contributed by atoms with van der Waals surface area (Å²) >= 11 is 0. The predicted molar refractivity (Wildman–Crippen MR) is 74.8 cm³/mol. The second kappa shape index (κ2) is 5.81. The van der Waals surface area contributed by atoms with Gasteiger partial charge in [0.1, 0.15) is 19.5 Å². The molecule has 3 rings (SSSR count). The smallest absolute Gasteiger partial charge is 0.161 e. The van der Waals surface area contributed by atoms with Gasteiger partial charge in [-0.1, -0.05) is 6.07 Å². The van der Waals surface area contributed by atoms with Crippen molar-refractivity contribution in [1.82, 2.24) is 10.9 Å². The van der Waals surface area contributed by atoms with Gasteiger partial charge in [-0.05, 0) is 37.5 Å². The summed E-state index contributed by atoms with van der Waals surface area (Å²) in [5.74, 6) is 1.68. The topological polar surface area (TPSA) is 59.6 Å². The molecule has 0 aromatic heterocycles. The first-order valence-electron chi connectivity index (χ1n) is 7.13. The fourth-order valence-corrected chi connectivity index (χ4v) is 2.82. The van der Waals surface area contributed by atoms with E-state index in [0.717, 1.165) is 30.6 Å². The van der Waals surface area contributed by atoms with Gasteiger partial charge in [0, 0.05) is 18.0 Å². The van der Waals surface area contributed by atoms with Crippen molar-refractivity contribution in [3.05, 3.63) is 23.8 Å². The first-order chi connectivity index (χ1) is 9.78. The van der Waals surface area contributed by atoms with Gasteiger partial charge in [-0.2, -0.15) is 0 Å². The number of hydrogen-bond acceptors (Lipinski definition) is 5. The van der Waals surface area contributed by atoms with Crippen LogP contribution in [-0.4, -0.2) is 31.6 Å². The molecule has 1 aromatic carbocycles. The van der Waals surface area contributed by atoms with E-state index in [-0.39, 0.29) is 18.0 Å². The van der Waals surface area contributed by atoms with Gasteiger partial charge in [0.25, 0.3) is 0 Å². The van der Waals surface area contributed by atoms with Crippen molar-refractivity contribution in [2.45, 2.75) is 31.8 Å². The highest BCUT2D eigenvalue weighted by Gasteiger charge is 2.32. The summed E-state index contributed by atoms with van der Waals surface area (Å²) in [4.78, 5) is 11.1. The Labute approximate surface area is 118 Å². The molecular weight excluding hydrogens is 256 g/mol. The molecule has 3 atom stereocenters. The molecule has 5 heteroatoms. The lowest BCUT2D eigenvalue weighted by Crippen LogP contribution is -2.32. The number of carbonyl (C=O) groups excluding carboxylic acids is 1. The van der Waals surface area contributed by atoms with E-state index >= 15 is 0 Å². The zero-order valence-electron chi connectivity index (χ0n) is 11.6. The monoisotopic (exact) mass is 276 g/mol. The average Bonchev–Trinajstić information content (AvgIpc) is 2.85. The molecule has 108 valence electrons. The van der Waals surface area contributed by atoms with Gasteiger partial charge in [0.05, 0.1) is 0 Å². The molecule has 2 aliphatic heterocycles. The number of aryl methyl sites for hydroxylation is 1. The van der Waals surface area contributed by atoms with Crippen molar-refractivity contribution >= 4 is 6.29 Å². The SMILES string of the molecule is CC1NNC(CCc2ccc3c(c2)OCCO3)C1C=O.